The molecular weight excluding hydrogens is 430 g/mol. The molecule has 1 aliphatic rings. The second-order valence-electron chi connectivity index (χ2n) is 7.94. The van der Waals surface area contributed by atoms with Crippen LogP contribution in [0.1, 0.15) is 32.9 Å². The fourth-order valence-electron chi connectivity index (χ4n) is 4.00. The van der Waals surface area contributed by atoms with Crippen LogP contribution in [0.25, 0.3) is 11.0 Å². The number of rotatable bonds is 6. The van der Waals surface area contributed by atoms with E-state index in [-0.39, 0.29) is 18.2 Å². The number of fused-ring (bicyclic) bond motifs is 1. The molecule has 0 saturated carbocycles. The van der Waals surface area contributed by atoms with Crippen molar-refractivity contribution in [2.45, 2.75) is 26.1 Å². The molecule has 170 valence electrons. The molecule has 0 unspecified atom stereocenters. The van der Waals surface area contributed by atoms with Gasteiger partial charge in [0.15, 0.2) is 5.65 Å². The summed E-state index contributed by atoms with van der Waals surface area (Å²) in [5, 5.41) is 8.05. The molecule has 1 saturated heterocycles. The molecule has 4 rings (SSSR count). The highest BCUT2D eigenvalue weighted by atomic mass is 32.2. The normalized spacial score (nSPS) is 15.2. The van der Waals surface area contributed by atoms with Crippen LogP contribution >= 0.6 is 0 Å². The number of hydrogen-bond acceptors (Lipinski definition) is 6. The van der Waals surface area contributed by atoms with Gasteiger partial charge in [0.1, 0.15) is 0 Å². The van der Waals surface area contributed by atoms with E-state index in [1.807, 2.05) is 32.0 Å². The van der Waals surface area contributed by atoms with E-state index in [2.05, 4.69) is 15.4 Å². The van der Waals surface area contributed by atoms with Crippen molar-refractivity contribution in [2.75, 3.05) is 26.3 Å². The average Bonchev–Trinajstić information content (AvgIpc) is 3.06. The number of pyridine rings is 1. The summed E-state index contributed by atoms with van der Waals surface area (Å²) in [7, 11) is -1.67. The lowest BCUT2D eigenvalue weighted by Gasteiger charge is -2.26. The number of ether oxygens (including phenoxy) is 1. The van der Waals surface area contributed by atoms with Crippen LogP contribution in [0, 0.1) is 13.8 Å². The Hall–Kier alpha value is -2.82. The Balaban J connectivity index is 1.54. The molecule has 0 spiro atoms. The predicted octanol–water partition coefficient (Wildman–Crippen LogP) is 1.68. The maximum Gasteiger partial charge on any atom is 0.252 e. The number of sulfonamides is 1. The SMILES string of the molecule is Cc1cc(C(=O)NCc2ccccc2CS(=O)(=O)N2CCOCC2)c2c(C)nn(C)c2n1. The van der Waals surface area contributed by atoms with Gasteiger partial charge in [-0.15, -0.1) is 0 Å². The zero-order valence-electron chi connectivity index (χ0n) is 18.5. The van der Waals surface area contributed by atoms with E-state index < -0.39 is 10.0 Å². The van der Waals surface area contributed by atoms with Gasteiger partial charge in [0.2, 0.25) is 10.0 Å². The molecule has 9 nitrogen and oxygen atoms in total. The van der Waals surface area contributed by atoms with Gasteiger partial charge in [-0.1, -0.05) is 24.3 Å². The lowest BCUT2D eigenvalue weighted by molar-refractivity contribution is 0.0729. The molecule has 1 aliphatic heterocycles. The summed E-state index contributed by atoms with van der Waals surface area (Å²) in [5.74, 6) is -0.359. The van der Waals surface area contributed by atoms with E-state index in [0.29, 0.717) is 43.1 Å². The van der Waals surface area contributed by atoms with Gasteiger partial charge in [-0.05, 0) is 31.0 Å². The number of aryl methyl sites for hydroxylation is 3. The van der Waals surface area contributed by atoms with Crippen LogP contribution in [-0.2, 0) is 34.1 Å². The fraction of sp³-hybridized carbons (Fsp3) is 0.409. The molecule has 1 N–H and O–H groups in total. The highest BCUT2D eigenvalue weighted by molar-refractivity contribution is 7.88. The summed E-state index contributed by atoms with van der Waals surface area (Å²) in [6.45, 7) is 5.45. The first kappa shape index (κ1) is 22.4. The van der Waals surface area contributed by atoms with Crippen molar-refractivity contribution in [2.24, 2.45) is 7.05 Å². The third-order valence-electron chi connectivity index (χ3n) is 5.60. The molecule has 0 bridgehead atoms. The minimum Gasteiger partial charge on any atom is -0.379 e. The van der Waals surface area contributed by atoms with Crippen LogP contribution in [0.15, 0.2) is 30.3 Å². The summed E-state index contributed by atoms with van der Waals surface area (Å²) >= 11 is 0. The minimum atomic E-state index is -3.47. The fourth-order valence-corrected chi connectivity index (χ4v) is 5.57. The summed E-state index contributed by atoms with van der Waals surface area (Å²) < 4.78 is 34.1. The number of amides is 1. The van der Waals surface area contributed by atoms with Crippen LogP contribution < -0.4 is 5.32 Å². The highest BCUT2D eigenvalue weighted by Gasteiger charge is 2.25. The molecule has 1 fully saturated rings. The molecule has 1 aromatic carbocycles. The van der Waals surface area contributed by atoms with Crippen LogP contribution in [0.2, 0.25) is 0 Å². The van der Waals surface area contributed by atoms with Gasteiger partial charge in [0, 0.05) is 32.4 Å². The number of aromatic nitrogens is 3. The van der Waals surface area contributed by atoms with Gasteiger partial charge in [-0.25, -0.2) is 13.4 Å². The van der Waals surface area contributed by atoms with Gasteiger partial charge in [-0.2, -0.15) is 9.40 Å². The van der Waals surface area contributed by atoms with Gasteiger partial charge < -0.3 is 10.1 Å². The van der Waals surface area contributed by atoms with Crippen molar-refractivity contribution in [3.05, 3.63) is 58.4 Å². The van der Waals surface area contributed by atoms with Crippen LogP contribution in [0.3, 0.4) is 0 Å². The second kappa shape index (κ2) is 8.97. The van der Waals surface area contributed by atoms with E-state index in [4.69, 9.17) is 4.74 Å². The van der Waals surface area contributed by atoms with E-state index in [1.54, 1.807) is 23.9 Å². The number of nitrogens with one attached hydrogen (secondary N) is 1. The summed E-state index contributed by atoms with van der Waals surface area (Å²) in [6, 6.07) is 9.03. The lowest BCUT2D eigenvalue weighted by atomic mass is 10.1. The summed E-state index contributed by atoms with van der Waals surface area (Å²) in [6.07, 6.45) is 0. The van der Waals surface area contributed by atoms with Crippen LogP contribution in [0.4, 0.5) is 0 Å². The Labute approximate surface area is 187 Å². The monoisotopic (exact) mass is 457 g/mol. The standard InChI is InChI=1S/C22H27N5O4S/c1-15-12-19(20-16(2)25-26(3)21(20)24-15)22(28)23-13-17-6-4-5-7-18(17)14-32(29,30)27-8-10-31-11-9-27/h4-7,12H,8-11,13-14H2,1-3H3,(H,23,28). The topological polar surface area (TPSA) is 106 Å². The average molecular weight is 458 g/mol. The van der Waals surface area contributed by atoms with Crippen LogP contribution in [-0.4, -0.2) is 59.7 Å². The molecule has 1 amide bonds. The quantitative estimate of drug-likeness (QED) is 0.604. The third-order valence-corrected chi connectivity index (χ3v) is 7.43. The Morgan fingerprint density at radius 2 is 1.84 bits per heavy atom. The van der Waals surface area contributed by atoms with Crippen LogP contribution in [0.5, 0.6) is 0 Å². The first-order valence-electron chi connectivity index (χ1n) is 10.5. The Kier molecular flexibility index (Phi) is 6.27. The molecule has 2 aromatic heterocycles. The molecular formula is C22H27N5O4S. The zero-order chi connectivity index (χ0) is 22.9. The molecule has 3 heterocycles. The van der Waals surface area contributed by atoms with Gasteiger partial charge in [0.25, 0.3) is 5.91 Å². The maximum absolute atomic E-state index is 13.1. The van der Waals surface area contributed by atoms with Crippen molar-refractivity contribution in [3.63, 3.8) is 0 Å². The summed E-state index contributed by atoms with van der Waals surface area (Å²) in [5.41, 5.74) is 4.07. The smallest absolute Gasteiger partial charge is 0.252 e. The molecule has 0 atom stereocenters. The Morgan fingerprint density at radius 3 is 2.56 bits per heavy atom. The van der Waals surface area contributed by atoms with E-state index in [0.717, 1.165) is 22.3 Å². The highest BCUT2D eigenvalue weighted by Crippen LogP contribution is 2.22. The lowest BCUT2D eigenvalue weighted by Crippen LogP contribution is -2.41. The number of hydrogen-bond donors (Lipinski definition) is 1. The Bertz CT molecular complexity index is 1260. The maximum atomic E-state index is 13.1. The van der Waals surface area contributed by atoms with Crippen molar-refractivity contribution in [1.29, 1.82) is 0 Å². The van der Waals surface area contributed by atoms with Crippen molar-refractivity contribution >= 4 is 27.0 Å². The van der Waals surface area contributed by atoms with E-state index in [1.165, 1.54) is 4.31 Å². The largest absolute Gasteiger partial charge is 0.379 e. The predicted molar refractivity (Wildman–Crippen MR) is 121 cm³/mol. The van der Waals surface area contributed by atoms with E-state index in [9.17, 15) is 13.2 Å². The Morgan fingerprint density at radius 1 is 1.16 bits per heavy atom. The van der Waals surface area contributed by atoms with Gasteiger partial charge >= 0.3 is 0 Å². The summed E-state index contributed by atoms with van der Waals surface area (Å²) in [4.78, 5) is 17.6. The van der Waals surface area contributed by atoms with Crippen molar-refractivity contribution < 1.29 is 17.9 Å². The first-order valence-corrected chi connectivity index (χ1v) is 12.1. The minimum absolute atomic E-state index is 0.112. The molecule has 32 heavy (non-hydrogen) atoms. The number of benzene rings is 1. The third kappa shape index (κ3) is 4.52. The molecule has 0 aliphatic carbocycles. The van der Waals surface area contributed by atoms with Gasteiger partial charge in [0.05, 0.1) is 35.6 Å². The number of carbonyl (C=O) groups excluding carboxylic acids is 1. The number of carbonyl (C=O) groups is 1. The second-order valence-corrected chi connectivity index (χ2v) is 9.91. The van der Waals surface area contributed by atoms with Gasteiger partial charge in [-0.3, -0.25) is 9.48 Å². The van der Waals surface area contributed by atoms with E-state index >= 15 is 0 Å². The molecule has 0 radical (unpaired) electrons. The van der Waals surface area contributed by atoms with Crippen molar-refractivity contribution in [1.82, 2.24) is 24.4 Å². The number of nitrogens with zero attached hydrogens (tertiary/aromatic N) is 4. The first-order chi connectivity index (χ1) is 15.3. The van der Waals surface area contributed by atoms with Crippen molar-refractivity contribution in [3.8, 4) is 0 Å². The molecule has 10 heteroatoms. The zero-order valence-corrected chi connectivity index (χ0v) is 19.3. The number of morpholine rings is 1. The molecule has 3 aromatic rings.